The van der Waals surface area contributed by atoms with Crippen molar-refractivity contribution in [2.24, 2.45) is 0 Å². The number of aryl methyl sites for hydroxylation is 1. The van der Waals surface area contributed by atoms with E-state index in [9.17, 15) is 4.79 Å². The number of benzene rings is 2. The standard InChI is InChI=1S/C18H17N5OS/c1-12-6-2-3-7-13(12)10-19-16(24)11-25-18-22-21-17-20-14-8-4-5-9-15(14)23(17)18/h2-9H,10-11H2,1H3,(H,19,24)(H,20,21). The van der Waals surface area contributed by atoms with E-state index in [4.69, 9.17) is 0 Å². The number of thioether (sulfide) groups is 1. The lowest BCUT2D eigenvalue weighted by Gasteiger charge is -2.07. The predicted molar refractivity (Wildman–Crippen MR) is 98.6 cm³/mol. The molecule has 6 nitrogen and oxygen atoms in total. The number of hydrogen-bond acceptors (Lipinski definition) is 4. The lowest BCUT2D eigenvalue weighted by molar-refractivity contribution is -0.118. The van der Waals surface area contributed by atoms with Gasteiger partial charge in [-0.3, -0.25) is 9.20 Å². The Morgan fingerprint density at radius 2 is 2.00 bits per heavy atom. The number of amides is 1. The zero-order chi connectivity index (χ0) is 17.2. The Morgan fingerprint density at radius 1 is 1.20 bits per heavy atom. The molecule has 0 saturated heterocycles. The topological polar surface area (TPSA) is 75.1 Å². The first-order chi connectivity index (χ1) is 12.2. The molecule has 0 fully saturated rings. The summed E-state index contributed by atoms with van der Waals surface area (Å²) in [4.78, 5) is 16.6. The minimum absolute atomic E-state index is 0.0196. The molecule has 0 radical (unpaired) electrons. The summed E-state index contributed by atoms with van der Waals surface area (Å²) in [5.41, 5.74) is 4.19. The second kappa shape index (κ2) is 6.60. The molecule has 0 unspecified atom stereocenters. The minimum Gasteiger partial charge on any atom is -0.351 e. The lowest BCUT2D eigenvalue weighted by atomic mass is 10.1. The number of para-hydroxylation sites is 2. The average molecular weight is 351 g/mol. The van der Waals surface area contributed by atoms with Crippen molar-refractivity contribution in [1.82, 2.24) is 24.9 Å². The van der Waals surface area contributed by atoms with Crippen LogP contribution in [-0.4, -0.2) is 31.2 Å². The van der Waals surface area contributed by atoms with Crippen molar-refractivity contribution >= 4 is 34.5 Å². The van der Waals surface area contributed by atoms with Crippen molar-refractivity contribution in [2.75, 3.05) is 5.75 Å². The average Bonchev–Trinajstić information content (AvgIpc) is 3.18. The molecule has 0 aliphatic carbocycles. The maximum Gasteiger partial charge on any atom is 0.231 e. The second-order valence-corrected chi connectivity index (χ2v) is 6.70. The SMILES string of the molecule is Cc1ccccc1CNC(=O)CSc1n[nH]c2nc3ccccc3n12. The number of nitrogens with one attached hydrogen (secondary N) is 2. The normalized spacial score (nSPS) is 11.2. The van der Waals surface area contributed by atoms with Crippen LogP contribution in [0.15, 0.2) is 53.7 Å². The summed E-state index contributed by atoms with van der Waals surface area (Å²) in [7, 11) is 0. The number of H-pyrrole nitrogens is 1. The van der Waals surface area contributed by atoms with Gasteiger partial charge < -0.3 is 5.32 Å². The zero-order valence-corrected chi connectivity index (χ0v) is 14.5. The van der Waals surface area contributed by atoms with Gasteiger partial charge in [0.1, 0.15) is 0 Å². The number of aromatic nitrogens is 4. The largest absolute Gasteiger partial charge is 0.351 e. The van der Waals surface area contributed by atoms with Gasteiger partial charge in [0, 0.05) is 6.54 Å². The summed E-state index contributed by atoms with van der Waals surface area (Å²) < 4.78 is 1.94. The number of carbonyl (C=O) groups is 1. The Kier molecular flexibility index (Phi) is 4.15. The Labute approximate surface area is 148 Å². The van der Waals surface area contributed by atoms with Crippen LogP contribution >= 0.6 is 11.8 Å². The molecule has 0 aliphatic rings. The summed E-state index contributed by atoms with van der Waals surface area (Å²) in [5, 5.41) is 10.9. The first kappa shape index (κ1) is 15.7. The molecular formula is C18H17N5OS. The van der Waals surface area contributed by atoms with Crippen LogP contribution in [0.1, 0.15) is 11.1 Å². The highest BCUT2D eigenvalue weighted by molar-refractivity contribution is 7.99. The maximum atomic E-state index is 12.2. The van der Waals surface area contributed by atoms with Crippen LogP contribution in [0.5, 0.6) is 0 Å². The predicted octanol–water partition coefficient (Wildman–Crippen LogP) is 2.93. The first-order valence-electron chi connectivity index (χ1n) is 7.98. The van der Waals surface area contributed by atoms with Gasteiger partial charge in [-0.1, -0.05) is 48.2 Å². The van der Waals surface area contributed by atoms with Crippen molar-refractivity contribution in [3.63, 3.8) is 0 Å². The Hall–Kier alpha value is -2.80. The minimum atomic E-state index is -0.0196. The van der Waals surface area contributed by atoms with E-state index < -0.39 is 0 Å². The van der Waals surface area contributed by atoms with E-state index in [1.165, 1.54) is 17.3 Å². The number of carbonyl (C=O) groups excluding carboxylic acids is 1. The Balaban J connectivity index is 1.43. The van der Waals surface area contributed by atoms with Crippen molar-refractivity contribution in [3.05, 3.63) is 59.7 Å². The van der Waals surface area contributed by atoms with Gasteiger partial charge in [-0.25, -0.2) is 10.1 Å². The molecule has 126 valence electrons. The van der Waals surface area contributed by atoms with E-state index in [2.05, 4.69) is 20.5 Å². The van der Waals surface area contributed by atoms with E-state index in [1.807, 2.05) is 59.9 Å². The maximum absolute atomic E-state index is 12.2. The second-order valence-electron chi connectivity index (χ2n) is 5.76. The molecule has 2 aromatic heterocycles. The number of nitrogens with zero attached hydrogens (tertiary/aromatic N) is 3. The van der Waals surface area contributed by atoms with Gasteiger partial charge in [-0.05, 0) is 30.2 Å². The van der Waals surface area contributed by atoms with E-state index in [1.54, 1.807) is 0 Å². The summed E-state index contributed by atoms with van der Waals surface area (Å²) in [6, 6.07) is 15.9. The van der Waals surface area contributed by atoms with Crippen molar-refractivity contribution in [2.45, 2.75) is 18.6 Å². The molecule has 2 aromatic carbocycles. The van der Waals surface area contributed by atoms with Crippen molar-refractivity contribution in [3.8, 4) is 0 Å². The lowest BCUT2D eigenvalue weighted by Crippen LogP contribution is -2.25. The molecule has 0 saturated carbocycles. The van der Waals surface area contributed by atoms with Gasteiger partial charge in [0.05, 0.1) is 16.8 Å². The third kappa shape index (κ3) is 3.10. The van der Waals surface area contributed by atoms with Crippen LogP contribution in [0.4, 0.5) is 0 Å². The quantitative estimate of drug-likeness (QED) is 0.542. The molecule has 1 amide bonds. The summed E-state index contributed by atoms with van der Waals surface area (Å²) in [6.07, 6.45) is 0. The van der Waals surface area contributed by atoms with Crippen molar-refractivity contribution < 1.29 is 4.79 Å². The number of aromatic amines is 1. The van der Waals surface area contributed by atoms with Gasteiger partial charge in [0.2, 0.25) is 11.7 Å². The molecule has 7 heteroatoms. The molecule has 4 aromatic rings. The first-order valence-corrected chi connectivity index (χ1v) is 8.96. The van der Waals surface area contributed by atoms with Crippen LogP contribution < -0.4 is 5.32 Å². The summed E-state index contributed by atoms with van der Waals surface area (Å²) >= 11 is 1.39. The van der Waals surface area contributed by atoms with Crippen LogP contribution in [0.25, 0.3) is 16.8 Å². The van der Waals surface area contributed by atoms with E-state index in [-0.39, 0.29) is 5.91 Å². The zero-order valence-electron chi connectivity index (χ0n) is 13.7. The van der Waals surface area contributed by atoms with Crippen LogP contribution in [0.3, 0.4) is 0 Å². The molecule has 0 atom stereocenters. The van der Waals surface area contributed by atoms with E-state index in [0.29, 0.717) is 18.1 Å². The smallest absolute Gasteiger partial charge is 0.231 e. The highest BCUT2D eigenvalue weighted by Gasteiger charge is 2.13. The fourth-order valence-electron chi connectivity index (χ4n) is 2.72. The molecular weight excluding hydrogens is 334 g/mol. The molecule has 2 N–H and O–H groups in total. The van der Waals surface area contributed by atoms with E-state index in [0.717, 1.165) is 21.8 Å². The van der Waals surface area contributed by atoms with Gasteiger partial charge in [-0.2, -0.15) is 0 Å². The van der Waals surface area contributed by atoms with Gasteiger partial charge in [0.15, 0.2) is 5.16 Å². The summed E-state index contributed by atoms with van der Waals surface area (Å²) in [6.45, 7) is 2.58. The monoisotopic (exact) mass is 351 g/mol. The molecule has 0 spiro atoms. The number of imidazole rings is 1. The fourth-order valence-corrected chi connectivity index (χ4v) is 3.51. The number of fused-ring (bicyclic) bond motifs is 3. The fraction of sp³-hybridized carbons (Fsp3) is 0.167. The number of hydrogen-bond donors (Lipinski definition) is 2. The molecule has 0 bridgehead atoms. The Bertz CT molecular complexity index is 1050. The third-order valence-corrected chi connectivity index (χ3v) is 5.01. The van der Waals surface area contributed by atoms with Crippen LogP contribution in [-0.2, 0) is 11.3 Å². The van der Waals surface area contributed by atoms with Crippen LogP contribution in [0, 0.1) is 6.92 Å². The molecule has 4 rings (SSSR count). The Morgan fingerprint density at radius 3 is 2.88 bits per heavy atom. The molecule has 0 aliphatic heterocycles. The highest BCUT2D eigenvalue weighted by Crippen LogP contribution is 2.22. The number of rotatable bonds is 5. The van der Waals surface area contributed by atoms with E-state index >= 15 is 0 Å². The molecule has 2 heterocycles. The van der Waals surface area contributed by atoms with Crippen molar-refractivity contribution in [1.29, 1.82) is 0 Å². The third-order valence-electron chi connectivity index (χ3n) is 4.07. The van der Waals surface area contributed by atoms with Gasteiger partial charge in [-0.15, -0.1) is 5.10 Å². The van der Waals surface area contributed by atoms with Crippen LogP contribution in [0.2, 0.25) is 0 Å². The van der Waals surface area contributed by atoms with Gasteiger partial charge in [0.25, 0.3) is 0 Å². The highest BCUT2D eigenvalue weighted by atomic mass is 32.2. The van der Waals surface area contributed by atoms with Gasteiger partial charge >= 0.3 is 0 Å². The summed E-state index contributed by atoms with van der Waals surface area (Å²) in [5.74, 6) is 0.969. The molecule has 25 heavy (non-hydrogen) atoms.